The summed E-state index contributed by atoms with van der Waals surface area (Å²) in [6, 6.07) is 0. The molecule has 1 saturated heterocycles. The van der Waals surface area contributed by atoms with E-state index in [-0.39, 0.29) is 12.0 Å². The van der Waals surface area contributed by atoms with Gasteiger partial charge >= 0.3 is 11.9 Å². The molecule has 1 aliphatic heterocycles. The molecule has 5 unspecified atom stereocenters. The van der Waals surface area contributed by atoms with E-state index in [0.717, 1.165) is 0 Å². The minimum Gasteiger partial charge on any atom is -0.458 e. The second kappa shape index (κ2) is 7.76. The highest BCUT2D eigenvalue weighted by Crippen LogP contribution is 2.38. The Morgan fingerprint density at radius 2 is 2.15 bits per heavy atom. The molecule has 0 aromatic heterocycles. The molecule has 0 amide bonds. The minimum absolute atomic E-state index is 0.117. The molecule has 2 N–H and O–H groups in total. The number of ether oxygens (including phenoxy) is 2. The summed E-state index contributed by atoms with van der Waals surface area (Å²) in [5, 5.41) is 21.0. The SMILES string of the molecule is C=C1C(=O)OC2C=C(C)C(O)CCC(C)(O)CC(OC(=O)/C(C)=C/C)C12. The molecule has 0 aromatic carbocycles. The van der Waals surface area contributed by atoms with Crippen LogP contribution in [0.4, 0.5) is 0 Å². The number of hydrogen-bond acceptors (Lipinski definition) is 6. The summed E-state index contributed by atoms with van der Waals surface area (Å²) in [5.41, 5.74) is 0.121. The van der Waals surface area contributed by atoms with E-state index in [1.807, 2.05) is 0 Å². The van der Waals surface area contributed by atoms with Gasteiger partial charge in [0.15, 0.2) is 0 Å². The zero-order valence-corrected chi connectivity index (χ0v) is 15.8. The molecule has 0 radical (unpaired) electrons. The standard InChI is InChI=1S/C20H28O6/c1-6-11(2)18(22)26-16-10-20(5,24)8-7-14(21)12(3)9-15-17(16)13(4)19(23)25-15/h6,9,14-17,21,24H,4,7-8,10H2,1-3,5H3/b11-6+,12-9?. The van der Waals surface area contributed by atoms with Gasteiger partial charge in [-0.2, -0.15) is 0 Å². The van der Waals surface area contributed by atoms with Crippen molar-refractivity contribution >= 4 is 11.9 Å². The van der Waals surface area contributed by atoms with Crippen molar-refractivity contribution in [2.45, 2.75) is 70.9 Å². The maximum Gasteiger partial charge on any atom is 0.334 e. The Bertz CT molecular complexity index is 657. The number of rotatable bonds is 2. The van der Waals surface area contributed by atoms with Crippen LogP contribution in [0, 0.1) is 5.92 Å². The van der Waals surface area contributed by atoms with E-state index >= 15 is 0 Å². The van der Waals surface area contributed by atoms with Gasteiger partial charge in [0.05, 0.1) is 17.6 Å². The van der Waals surface area contributed by atoms with E-state index in [1.165, 1.54) is 0 Å². The van der Waals surface area contributed by atoms with Gasteiger partial charge in [0.2, 0.25) is 0 Å². The van der Waals surface area contributed by atoms with Gasteiger partial charge in [0.1, 0.15) is 12.2 Å². The van der Waals surface area contributed by atoms with E-state index in [9.17, 15) is 19.8 Å². The first-order chi connectivity index (χ1) is 12.1. The van der Waals surface area contributed by atoms with E-state index in [0.29, 0.717) is 24.0 Å². The number of allylic oxidation sites excluding steroid dienone is 1. The number of carbonyl (C=O) groups is 2. The Labute approximate surface area is 154 Å². The Morgan fingerprint density at radius 1 is 1.50 bits per heavy atom. The molecule has 0 saturated carbocycles. The molecule has 6 heteroatoms. The Hall–Kier alpha value is -1.92. The van der Waals surface area contributed by atoms with Gasteiger partial charge in [-0.1, -0.05) is 12.7 Å². The molecule has 6 nitrogen and oxygen atoms in total. The number of aliphatic hydroxyl groups excluding tert-OH is 1. The third-order valence-corrected chi connectivity index (χ3v) is 5.23. The molecule has 1 aliphatic carbocycles. The molecule has 0 bridgehead atoms. The van der Waals surface area contributed by atoms with Gasteiger partial charge < -0.3 is 19.7 Å². The van der Waals surface area contributed by atoms with Crippen LogP contribution in [0.25, 0.3) is 0 Å². The molecule has 1 heterocycles. The van der Waals surface area contributed by atoms with E-state index in [4.69, 9.17) is 9.47 Å². The first-order valence-corrected chi connectivity index (χ1v) is 8.88. The van der Waals surface area contributed by atoms with Gasteiger partial charge in [-0.15, -0.1) is 0 Å². The molecular weight excluding hydrogens is 336 g/mol. The van der Waals surface area contributed by atoms with Gasteiger partial charge in [-0.05, 0) is 52.2 Å². The summed E-state index contributed by atoms with van der Waals surface area (Å²) in [6.07, 6.45) is 1.94. The van der Waals surface area contributed by atoms with Crippen LogP contribution in [-0.4, -0.2) is 46.1 Å². The highest BCUT2D eigenvalue weighted by molar-refractivity contribution is 5.92. The van der Waals surface area contributed by atoms with E-state index in [2.05, 4.69) is 6.58 Å². The first kappa shape index (κ1) is 20.4. The Kier molecular flexibility index (Phi) is 6.09. The fourth-order valence-electron chi connectivity index (χ4n) is 3.35. The molecule has 2 aliphatic rings. The van der Waals surface area contributed by atoms with Crippen LogP contribution in [-0.2, 0) is 19.1 Å². The van der Waals surface area contributed by atoms with Crippen LogP contribution in [0.1, 0.15) is 47.0 Å². The third kappa shape index (κ3) is 4.43. The van der Waals surface area contributed by atoms with Crippen molar-refractivity contribution in [2.75, 3.05) is 0 Å². The molecule has 0 aromatic rings. The summed E-state index contributed by atoms with van der Waals surface area (Å²) in [4.78, 5) is 24.4. The van der Waals surface area contributed by atoms with Crippen LogP contribution in [0.2, 0.25) is 0 Å². The van der Waals surface area contributed by atoms with Crippen LogP contribution in [0.5, 0.6) is 0 Å². The summed E-state index contributed by atoms with van der Waals surface area (Å²) in [7, 11) is 0. The maximum absolute atomic E-state index is 12.3. The average molecular weight is 364 g/mol. The lowest BCUT2D eigenvalue weighted by Gasteiger charge is -2.34. The molecule has 5 atom stereocenters. The number of fused-ring (bicyclic) bond motifs is 1. The number of aliphatic hydroxyl groups is 2. The van der Waals surface area contributed by atoms with Crippen molar-refractivity contribution in [3.8, 4) is 0 Å². The summed E-state index contributed by atoms with van der Waals surface area (Å²) in [5.74, 6) is -1.67. The van der Waals surface area contributed by atoms with Gasteiger partial charge in [-0.3, -0.25) is 0 Å². The fourth-order valence-corrected chi connectivity index (χ4v) is 3.35. The summed E-state index contributed by atoms with van der Waals surface area (Å²) >= 11 is 0. The van der Waals surface area contributed by atoms with Crippen molar-refractivity contribution in [1.29, 1.82) is 0 Å². The van der Waals surface area contributed by atoms with Crippen molar-refractivity contribution in [1.82, 2.24) is 0 Å². The minimum atomic E-state index is -1.18. The zero-order chi connectivity index (χ0) is 19.6. The second-order valence-corrected chi connectivity index (χ2v) is 7.50. The fraction of sp³-hybridized carbons (Fsp3) is 0.600. The summed E-state index contributed by atoms with van der Waals surface area (Å²) in [6.45, 7) is 10.6. The monoisotopic (exact) mass is 364 g/mol. The first-order valence-electron chi connectivity index (χ1n) is 8.88. The van der Waals surface area contributed by atoms with Gasteiger partial charge in [0.25, 0.3) is 0 Å². The van der Waals surface area contributed by atoms with Crippen LogP contribution >= 0.6 is 0 Å². The lowest BCUT2D eigenvalue weighted by Crippen LogP contribution is -2.41. The highest BCUT2D eigenvalue weighted by Gasteiger charge is 2.47. The van der Waals surface area contributed by atoms with Crippen molar-refractivity contribution in [3.05, 3.63) is 35.5 Å². The van der Waals surface area contributed by atoms with Crippen LogP contribution in [0.3, 0.4) is 0 Å². The quantitative estimate of drug-likeness (QED) is 0.443. The normalized spacial score (nSPS) is 36.1. The predicted molar refractivity (Wildman–Crippen MR) is 96.1 cm³/mol. The molecular formula is C20H28O6. The van der Waals surface area contributed by atoms with Crippen molar-refractivity contribution in [3.63, 3.8) is 0 Å². The Morgan fingerprint density at radius 3 is 2.77 bits per heavy atom. The lowest BCUT2D eigenvalue weighted by atomic mass is 9.80. The molecule has 144 valence electrons. The highest BCUT2D eigenvalue weighted by atomic mass is 16.6. The number of hydrogen-bond donors (Lipinski definition) is 2. The predicted octanol–water partition coefficient (Wildman–Crippen LogP) is 2.20. The summed E-state index contributed by atoms with van der Waals surface area (Å²) < 4.78 is 11.0. The third-order valence-electron chi connectivity index (χ3n) is 5.23. The van der Waals surface area contributed by atoms with Gasteiger partial charge in [0, 0.05) is 17.6 Å². The van der Waals surface area contributed by atoms with Crippen LogP contribution in [0.15, 0.2) is 35.5 Å². The van der Waals surface area contributed by atoms with Crippen molar-refractivity contribution < 1.29 is 29.3 Å². The van der Waals surface area contributed by atoms with Crippen molar-refractivity contribution in [2.24, 2.45) is 5.92 Å². The lowest BCUT2D eigenvalue weighted by molar-refractivity contribution is -0.151. The zero-order valence-electron chi connectivity index (χ0n) is 15.8. The maximum atomic E-state index is 12.3. The molecule has 0 spiro atoms. The van der Waals surface area contributed by atoms with E-state index in [1.54, 1.807) is 39.8 Å². The molecule has 1 fully saturated rings. The molecule has 2 rings (SSSR count). The number of esters is 2. The number of carbonyl (C=O) groups excluding carboxylic acids is 2. The van der Waals surface area contributed by atoms with Crippen LogP contribution < -0.4 is 0 Å². The smallest absolute Gasteiger partial charge is 0.334 e. The van der Waals surface area contributed by atoms with E-state index < -0.39 is 41.8 Å². The second-order valence-electron chi connectivity index (χ2n) is 7.50. The average Bonchev–Trinajstić information content (AvgIpc) is 2.84. The van der Waals surface area contributed by atoms with Gasteiger partial charge in [-0.25, -0.2) is 9.59 Å². The largest absolute Gasteiger partial charge is 0.458 e. The molecule has 26 heavy (non-hydrogen) atoms. The topological polar surface area (TPSA) is 93.1 Å². The Balaban J connectivity index is 2.45.